The number of phenols is 1. The Bertz CT molecular complexity index is 393. The van der Waals surface area contributed by atoms with Crippen molar-refractivity contribution in [3.63, 3.8) is 0 Å². The Morgan fingerprint density at radius 2 is 2.08 bits per heavy atom. The monoisotopic (exact) mass is 181 g/mol. The normalized spacial score (nSPS) is 10.2. The number of hydrogen-bond acceptors (Lipinski definition) is 2. The van der Waals surface area contributed by atoms with Crippen molar-refractivity contribution in [3.05, 3.63) is 35.4 Å². The molecule has 0 aliphatic carbocycles. The number of aromatic hydroxyl groups is 1. The van der Waals surface area contributed by atoms with Gasteiger partial charge in [-0.25, -0.2) is 8.78 Å². The second-order valence-corrected chi connectivity index (χ2v) is 2.29. The van der Waals surface area contributed by atoms with Crippen LogP contribution >= 0.6 is 0 Å². The Hall–Kier alpha value is -1.89. The SMILES string of the molecule is N#CC=Cc1cc(F)cc(F)c1O. The van der Waals surface area contributed by atoms with E-state index >= 15 is 0 Å². The molecule has 0 bridgehead atoms. The van der Waals surface area contributed by atoms with E-state index in [-0.39, 0.29) is 5.56 Å². The smallest absolute Gasteiger partial charge is 0.168 e. The van der Waals surface area contributed by atoms with E-state index in [4.69, 9.17) is 10.4 Å². The molecule has 0 atom stereocenters. The van der Waals surface area contributed by atoms with E-state index < -0.39 is 17.4 Å². The summed E-state index contributed by atoms with van der Waals surface area (Å²) in [5.74, 6) is -2.50. The topological polar surface area (TPSA) is 44.0 Å². The molecular weight excluding hydrogens is 176 g/mol. The number of nitrogens with zero attached hydrogens (tertiary/aromatic N) is 1. The van der Waals surface area contributed by atoms with Crippen molar-refractivity contribution < 1.29 is 13.9 Å². The Kier molecular flexibility index (Phi) is 2.60. The van der Waals surface area contributed by atoms with Crippen LogP contribution in [0.5, 0.6) is 5.75 Å². The second kappa shape index (κ2) is 3.68. The van der Waals surface area contributed by atoms with Crippen LogP contribution in [-0.2, 0) is 0 Å². The van der Waals surface area contributed by atoms with E-state index in [2.05, 4.69) is 0 Å². The third-order valence-corrected chi connectivity index (χ3v) is 1.40. The van der Waals surface area contributed by atoms with Crippen LogP contribution in [0.1, 0.15) is 5.56 Å². The standard InChI is InChI=1S/C9H5F2NO/c10-7-4-6(2-1-3-12)9(13)8(11)5-7/h1-2,4-5,13H. The first-order valence-electron chi connectivity index (χ1n) is 3.39. The average molecular weight is 181 g/mol. The molecule has 1 aromatic carbocycles. The number of nitriles is 1. The van der Waals surface area contributed by atoms with E-state index in [0.717, 1.165) is 18.2 Å². The van der Waals surface area contributed by atoms with Crippen molar-refractivity contribution in [1.82, 2.24) is 0 Å². The van der Waals surface area contributed by atoms with E-state index in [1.165, 1.54) is 0 Å². The van der Waals surface area contributed by atoms with Gasteiger partial charge >= 0.3 is 0 Å². The highest BCUT2D eigenvalue weighted by atomic mass is 19.1. The summed E-state index contributed by atoms with van der Waals surface area (Å²) < 4.78 is 25.2. The number of halogens is 2. The molecule has 0 saturated carbocycles. The number of benzene rings is 1. The van der Waals surface area contributed by atoms with Crippen molar-refractivity contribution in [2.75, 3.05) is 0 Å². The van der Waals surface area contributed by atoms with Gasteiger partial charge in [-0.05, 0) is 12.1 Å². The molecule has 66 valence electrons. The van der Waals surface area contributed by atoms with Gasteiger partial charge in [-0.3, -0.25) is 0 Å². The lowest BCUT2D eigenvalue weighted by Gasteiger charge is -1.99. The summed E-state index contributed by atoms with van der Waals surface area (Å²) >= 11 is 0. The zero-order valence-electron chi connectivity index (χ0n) is 6.46. The van der Waals surface area contributed by atoms with Gasteiger partial charge in [-0.2, -0.15) is 5.26 Å². The first-order valence-corrected chi connectivity index (χ1v) is 3.39. The van der Waals surface area contributed by atoms with Gasteiger partial charge in [0, 0.05) is 17.7 Å². The van der Waals surface area contributed by atoms with E-state index in [1.54, 1.807) is 6.07 Å². The van der Waals surface area contributed by atoms with Crippen LogP contribution in [0.3, 0.4) is 0 Å². The van der Waals surface area contributed by atoms with E-state index in [1.807, 2.05) is 0 Å². The van der Waals surface area contributed by atoms with Gasteiger partial charge < -0.3 is 5.11 Å². The third-order valence-electron chi connectivity index (χ3n) is 1.40. The lowest BCUT2D eigenvalue weighted by molar-refractivity contribution is 0.426. The maximum absolute atomic E-state index is 12.7. The molecule has 0 spiro atoms. The molecule has 0 heterocycles. The molecule has 0 unspecified atom stereocenters. The molecule has 1 aromatic rings. The third kappa shape index (κ3) is 2.03. The first kappa shape index (κ1) is 9.20. The number of rotatable bonds is 1. The van der Waals surface area contributed by atoms with Gasteiger partial charge in [-0.15, -0.1) is 0 Å². The Balaban J connectivity index is 3.22. The van der Waals surface area contributed by atoms with Crippen molar-refractivity contribution >= 4 is 6.08 Å². The molecule has 0 amide bonds. The van der Waals surface area contributed by atoms with Crippen LogP contribution < -0.4 is 0 Å². The highest BCUT2D eigenvalue weighted by Gasteiger charge is 2.06. The molecule has 0 aliphatic heterocycles. The van der Waals surface area contributed by atoms with Gasteiger partial charge in [-0.1, -0.05) is 0 Å². The highest BCUT2D eigenvalue weighted by Crippen LogP contribution is 2.23. The number of allylic oxidation sites excluding steroid dienone is 1. The predicted octanol–water partition coefficient (Wildman–Crippen LogP) is 2.21. The molecule has 1 N–H and O–H groups in total. The van der Waals surface area contributed by atoms with Crippen molar-refractivity contribution in [2.45, 2.75) is 0 Å². The summed E-state index contributed by atoms with van der Waals surface area (Å²) in [7, 11) is 0. The predicted molar refractivity (Wildman–Crippen MR) is 42.7 cm³/mol. The minimum atomic E-state index is -1.04. The molecule has 0 saturated heterocycles. The number of phenolic OH excluding ortho intramolecular Hbond substituents is 1. The molecule has 0 aromatic heterocycles. The minimum Gasteiger partial charge on any atom is -0.504 e. The quantitative estimate of drug-likeness (QED) is 0.675. The van der Waals surface area contributed by atoms with E-state index in [9.17, 15) is 8.78 Å². The molecule has 0 radical (unpaired) electrons. The van der Waals surface area contributed by atoms with Gasteiger partial charge in [0.15, 0.2) is 11.6 Å². The van der Waals surface area contributed by atoms with Crippen molar-refractivity contribution in [1.29, 1.82) is 5.26 Å². The molecule has 0 aliphatic rings. The Labute approximate surface area is 73.4 Å². The molecule has 2 nitrogen and oxygen atoms in total. The largest absolute Gasteiger partial charge is 0.504 e. The summed E-state index contributed by atoms with van der Waals surface area (Å²) in [6, 6.07) is 3.15. The van der Waals surface area contributed by atoms with Crippen LogP contribution in [0, 0.1) is 23.0 Å². The molecule has 0 fully saturated rings. The Morgan fingerprint density at radius 1 is 1.38 bits per heavy atom. The maximum Gasteiger partial charge on any atom is 0.168 e. The van der Waals surface area contributed by atoms with Crippen molar-refractivity contribution in [2.24, 2.45) is 0 Å². The summed E-state index contributed by atoms with van der Waals surface area (Å²) in [4.78, 5) is 0. The minimum absolute atomic E-state index is 0.0564. The van der Waals surface area contributed by atoms with Crippen LogP contribution in [0.25, 0.3) is 6.08 Å². The number of hydrogen-bond donors (Lipinski definition) is 1. The fourth-order valence-electron chi connectivity index (χ4n) is 0.840. The molecule has 1 rings (SSSR count). The summed E-state index contributed by atoms with van der Waals surface area (Å²) in [5.41, 5.74) is -0.0564. The summed E-state index contributed by atoms with van der Waals surface area (Å²) in [5, 5.41) is 17.2. The molecule has 4 heteroatoms. The fourth-order valence-corrected chi connectivity index (χ4v) is 0.840. The summed E-state index contributed by atoms with van der Waals surface area (Å²) in [6.07, 6.45) is 2.15. The van der Waals surface area contributed by atoms with Gasteiger partial charge in [0.2, 0.25) is 0 Å². The first-order chi connectivity index (χ1) is 6.15. The maximum atomic E-state index is 12.7. The fraction of sp³-hybridized carbons (Fsp3) is 0. The second-order valence-electron chi connectivity index (χ2n) is 2.29. The van der Waals surface area contributed by atoms with Crippen LogP contribution in [-0.4, -0.2) is 5.11 Å². The van der Waals surface area contributed by atoms with Crippen LogP contribution in [0.2, 0.25) is 0 Å². The lowest BCUT2D eigenvalue weighted by Crippen LogP contribution is -1.84. The van der Waals surface area contributed by atoms with Crippen LogP contribution in [0.4, 0.5) is 8.78 Å². The van der Waals surface area contributed by atoms with Gasteiger partial charge in [0.25, 0.3) is 0 Å². The highest BCUT2D eigenvalue weighted by molar-refractivity contribution is 5.58. The van der Waals surface area contributed by atoms with Crippen molar-refractivity contribution in [3.8, 4) is 11.8 Å². The average Bonchev–Trinajstić information content (AvgIpc) is 2.09. The molecular formula is C9H5F2NO. The van der Waals surface area contributed by atoms with Crippen LogP contribution in [0.15, 0.2) is 18.2 Å². The van der Waals surface area contributed by atoms with Gasteiger partial charge in [0.1, 0.15) is 5.82 Å². The zero-order chi connectivity index (χ0) is 9.84. The molecule has 13 heavy (non-hydrogen) atoms. The lowest BCUT2D eigenvalue weighted by atomic mass is 10.2. The zero-order valence-corrected chi connectivity index (χ0v) is 6.46. The summed E-state index contributed by atoms with van der Waals surface area (Å²) in [6.45, 7) is 0. The van der Waals surface area contributed by atoms with E-state index in [0.29, 0.717) is 6.07 Å². The Morgan fingerprint density at radius 3 is 2.69 bits per heavy atom. The van der Waals surface area contributed by atoms with Gasteiger partial charge in [0.05, 0.1) is 6.07 Å².